The van der Waals surface area contributed by atoms with Gasteiger partial charge in [0.15, 0.2) is 5.17 Å². The van der Waals surface area contributed by atoms with Crippen LogP contribution in [0.5, 0.6) is 0 Å². The van der Waals surface area contributed by atoms with E-state index >= 15 is 0 Å². The van der Waals surface area contributed by atoms with Crippen LogP contribution in [0.2, 0.25) is 10.0 Å². The van der Waals surface area contributed by atoms with Crippen molar-refractivity contribution in [2.45, 2.75) is 18.6 Å². The second-order valence-electron chi connectivity index (χ2n) is 5.94. The molecule has 0 spiro atoms. The summed E-state index contributed by atoms with van der Waals surface area (Å²) in [7, 11) is 0. The number of aliphatic imine (C=N–C) groups is 1. The Morgan fingerprint density at radius 2 is 2.07 bits per heavy atom. The number of carbonyl (C=O) groups excluding carboxylic acids is 2. The number of thioether (sulfide) groups is 1. The summed E-state index contributed by atoms with van der Waals surface area (Å²) in [5.41, 5.74) is 0.855. The van der Waals surface area contributed by atoms with E-state index in [0.717, 1.165) is 11.8 Å². The molecular formula is C19H16Cl2FN3O2S. The van der Waals surface area contributed by atoms with E-state index in [9.17, 15) is 14.0 Å². The zero-order valence-corrected chi connectivity index (χ0v) is 17.1. The molecule has 0 radical (unpaired) electrons. The lowest BCUT2D eigenvalue weighted by molar-refractivity contribution is -0.129. The predicted molar refractivity (Wildman–Crippen MR) is 112 cm³/mol. The highest BCUT2D eigenvalue weighted by Gasteiger charge is 2.35. The molecule has 146 valence electrons. The number of nitrogens with one attached hydrogen (secondary N) is 1. The molecule has 1 atom stereocenters. The molecule has 5 nitrogen and oxygen atoms in total. The maximum Gasteiger partial charge on any atom is 0.238 e. The van der Waals surface area contributed by atoms with Crippen molar-refractivity contribution in [3.63, 3.8) is 0 Å². The van der Waals surface area contributed by atoms with Crippen molar-refractivity contribution < 1.29 is 14.0 Å². The smallest absolute Gasteiger partial charge is 0.238 e. The van der Waals surface area contributed by atoms with Crippen LogP contribution in [0.3, 0.4) is 0 Å². The van der Waals surface area contributed by atoms with Gasteiger partial charge in [-0.25, -0.2) is 9.38 Å². The van der Waals surface area contributed by atoms with Gasteiger partial charge < -0.3 is 5.32 Å². The van der Waals surface area contributed by atoms with Crippen LogP contribution in [-0.4, -0.2) is 33.7 Å². The highest BCUT2D eigenvalue weighted by Crippen LogP contribution is 2.31. The van der Waals surface area contributed by atoms with Gasteiger partial charge in [-0.3, -0.25) is 14.5 Å². The molecule has 2 aromatic rings. The first kappa shape index (κ1) is 20.6. The Labute approximate surface area is 175 Å². The average Bonchev–Trinajstić information content (AvgIpc) is 2.64. The number of anilines is 1. The third-order valence-electron chi connectivity index (χ3n) is 3.97. The van der Waals surface area contributed by atoms with Gasteiger partial charge >= 0.3 is 0 Å². The molecule has 2 amide bonds. The molecule has 1 N–H and O–H groups in total. The van der Waals surface area contributed by atoms with E-state index < -0.39 is 11.1 Å². The van der Waals surface area contributed by atoms with Gasteiger partial charge in [-0.15, -0.1) is 0 Å². The molecule has 1 heterocycles. The summed E-state index contributed by atoms with van der Waals surface area (Å²) >= 11 is 13.0. The van der Waals surface area contributed by atoms with Crippen molar-refractivity contribution in [3.8, 4) is 0 Å². The van der Waals surface area contributed by atoms with Crippen LogP contribution in [0.25, 0.3) is 0 Å². The van der Waals surface area contributed by atoms with Gasteiger partial charge in [0.1, 0.15) is 11.1 Å². The highest BCUT2D eigenvalue weighted by atomic mass is 35.5. The van der Waals surface area contributed by atoms with E-state index in [4.69, 9.17) is 23.2 Å². The van der Waals surface area contributed by atoms with Crippen LogP contribution in [0.4, 0.5) is 15.8 Å². The molecule has 0 saturated carbocycles. The number of benzene rings is 2. The number of amides is 2. The van der Waals surface area contributed by atoms with Crippen LogP contribution in [0.15, 0.2) is 47.5 Å². The standard InChI is InChI=1S/C19H16Cl2FN3O2S/c1-2-25-17(26)10-16(18(27)23-13-6-7-14(20)15(21)9-13)28-19(25)24-12-5-3-4-11(22)8-12/h3-9,16H,2,10H2,1H3,(H,23,27). The lowest BCUT2D eigenvalue weighted by atomic mass is 10.2. The highest BCUT2D eigenvalue weighted by molar-refractivity contribution is 8.15. The molecule has 0 bridgehead atoms. The number of halogens is 3. The quantitative estimate of drug-likeness (QED) is 0.719. The molecule has 1 aliphatic rings. The van der Waals surface area contributed by atoms with Crippen molar-refractivity contribution in [1.29, 1.82) is 0 Å². The van der Waals surface area contributed by atoms with Crippen molar-refractivity contribution in [1.82, 2.24) is 4.90 Å². The number of hydrogen-bond acceptors (Lipinski definition) is 4. The van der Waals surface area contributed by atoms with Crippen LogP contribution < -0.4 is 5.32 Å². The first-order valence-electron chi connectivity index (χ1n) is 8.44. The van der Waals surface area contributed by atoms with Gasteiger partial charge in [-0.2, -0.15) is 0 Å². The number of nitrogens with zero attached hydrogens (tertiary/aromatic N) is 2. The van der Waals surface area contributed by atoms with Gasteiger partial charge in [-0.05, 0) is 43.3 Å². The lowest BCUT2D eigenvalue weighted by Gasteiger charge is -2.30. The molecule has 1 unspecified atom stereocenters. The summed E-state index contributed by atoms with van der Waals surface area (Å²) in [5.74, 6) is -0.990. The van der Waals surface area contributed by atoms with Gasteiger partial charge in [0.2, 0.25) is 11.8 Å². The largest absolute Gasteiger partial charge is 0.325 e. The fourth-order valence-electron chi connectivity index (χ4n) is 2.61. The molecule has 28 heavy (non-hydrogen) atoms. The maximum absolute atomic E-state index is 13.4. The SMILES string of the molecule is CCN1C(=O)CC(C(=O)Nc2ccc(Cl)c(Cl)c2)SC1=Nc1cccc(F)c1. The van der Waals surface area contributed by atoms with Gasteiger partial charge in [-0.1, -0.05) is 41.0 Å². The third kappa shape index (κ3) is 4.84. The van der Waals surface area contributed by atoms with Crippen LogP contribution in [0, 0.1) is 5.82 Å². The molecule has 1 aliphatic heterocycles. The van der Waals surface area contributed by atoms with Gasteiger partial charge in [0, 0.05) is 18.7 Å². The van der Waals surface area contributed by atoms with Gasteiger partial charge in [0.05, 0.1) is 15.7 Å². The fraction of sp³-hybridized carbons (Fsp3) is 0.211. The number of rotatable bonds is 4. The van der Waals surface area contributed by atoms with E-state index in [-0.39, 0.29) is 18.2 Å². The predicted octanol–water partition coefficient (Wildman–Crippen LogP) is 5.11. The minimum atomic E-state index is -0.669. The zero-order valence-electron chi connectivity index (χ0n) is 14.8. The molecule has 0 aliphatic carbocycles. The molecule has 2 aromatic carbocycles. The van der Waals surface area contributed by atoms with E-state index in [0.29, 0.717) is 33.1 Å². The van der Waals surface area contributed by atoms with Gasteiger partial charge in [0.25, 0.3) is 0 Å². The van der Waals surface area contributed by atoms with Crippen LogP contribution in [-0.2, 0) is 9.59 Å². The normalized spacial score (nSPS) is 18.4. The maximum atomic E-state index is 13.4. The Bertz CT molecular complexity index is 955. The average molecular weight is 440 g/mol. The molecule has 1 fully saturated rings. The summed E-state index contributed by atoms with van der Waals surface area (Å²) < 4.78 is 13.4. The fourth-order valence-corrected chi connectivity index (χ4v) is 4.07. The second kappa shape index (κ2) is 8.94. The summed E-state index contributed by atoms with van der Waals surface area (Å²) in [6.07, 6.45) is 0.0355. The Kier molecular flexibility index (Phi) is 6.59. The zero-order chi connectivity index (χ0) is 20.3. The summed E-state index contributed by atoms with van der Waals surface area (Å²) in [5, 5.41) is 3.13. The number of carbonyl (C=O) groups is 2. The monoisotopic (exact) mass is 439 g/mol. The second-order valence-corrected chi connectivity index (χ2v) is 7.93. The lowest BCUT2D eigenvalue weighted by Crippen LogP contribution is -2.45. The molecular weight excluding hydrogens is 424 g/mol. The minimum Gasteiger partial charge on any atom is -0.325 e. The third-order valence-corrected chi connectivity index (χ3v) is 5.90. The molecule has 9 heteroatoms. The Hall–Kier alpha value is -2.09. The summed E-state index contributed by atoms with van der Waals surface area (Å²) in [4.78, 5) is 31.0. The van der Waals surface area contributed by atoms with Crippen molar-refractivity contribution in [2.24, 2.45) is 4.99 Å². The van der Waals surface area contributed by atoms with Crippen LogP contribution >= 0.6 is 35.0 Å². The Morgan fingerprint density at radius 1 is 1.29 bits per heavy atom. The van der Waals surface area contributed by atoms with E-state index in [2.05, 4.69) is 10.3 Å². The van der Waals surface area contributed by atoms with E-state index in [1.165, 1.54) is 29.2 Å². The number of hydrogen-bond donors (Lipinski definition) is 1. The Balaban J connectivity index is 1.81. The Morgan fingerprint density at radius 3 is 2.75 bits per heavy atom. The molecule has 3 rings (SSSR count). The van der Waals surface area contributed by atoms with Crippen molar-refractivity contribution in [2.75, 3.05) is 11.9 Å². The first-order chi connectivity index (χ1) is 13.4. The number of amidine groups is 1. The minimum absolute atomic E-state index is 0.0355. The van der Waals surface area contributed by atoms with E-state index in [1.54, 1.807) is 18.2 Å². The van der Waals surface area contributed by atoms with Crippen molar-refractivity contribution >= 4 is 63.3 Å². The summed E-state index contributed by atoms with van der Waals surface area (Å²) in [6, 6.07) is 10.5. The molecule has 1 saturated heterocycles. The topological polar surface area (TPSA) is 61.8 Å². The first-order valence-corrected chi connectivity index (χ1v) is 10.1. The summed E-state index contributed by atoms with van der Waals surface area (Å²) in [6.45, 7) is 2.22. The van der Waals surface area contributed by atoms with E-state index in [1.807, 2.05) is 6.92 Å². The molecule has 0 aromatic heterocycles. The van der Waals surface area contributed by atoms with Crippen LogP contribution in [0.1, 0.15) is 13.3 Å². The van der Waals surface area contributed by atoms with Crippen molar-refractivity contribution in [3.05, 3.63) is 58.3 Å².